The zero-order chi connectivity index (χ0) is 15.2. The Hall–Kier alpha value is -2.35. The predicted molar refractivity (Wildman–Crippen MR) is 71.9 cm³/mol. The zero-order valence-electron chi connectivity index (χ0n) is 10.9. The van der Waals surface area contributed by atoms with Gasteiger partial charge in [-0.15, -0.1) is 6.42 Å². The molecule has 2 nitrogen and oxygen atoms in total. The molecule has 0 aliphatic heterocycles. The van der Waals surface area contributed by atoms with E-state index in [0.29, 0.717) is 5.56 Å². The first-order valence-electron chi connectivity index (χ1n) is 5.89. The summed E-state index contributed by atoms with van der Waals surface area (Å²) in [6.45, 7) is 3.54. The van der Waals surface area contributed by atoms with Crippen molar-refractivity contribution in [3.8, 4) is 18.1 Å². The molecule has 0 fully saturated rings. The molecule has 0 unspecified atom stereocenters. The topological polar surface area (TPSA) is 46.2 Å². The number of aromatic hydroxyl groups is 1. The summed E-state index contributed by atoms with van der Waals surface area (Å²) in [4.78, 5) is 0. The van der Waals surface area contributed by atoms with Crippen molar-refractivity contribution in [1.29, 1.82) is 0 Å². The highest BCUT2D eigenvalue weighted by Crippen LogP contribution is 2.41. The van der Waals surface area contributed by atoms with E-state index in [1.165, 1.54) is 6.07 Å². The number of phenols is 1. The Kier molecular flexibility index (Phi) is 3.26. The van der Waals surface area contributed by atoms with Crippen LogP contribution >= 0.6 is 0 Å². The van der Waals surface area contributed by atoms with E-state index in [-0.39, 0.29) is 17.0 Å². The number of benzene rings is 2. The molecule has 0 aliphatic rings. The van der Waals surface area contributed by atoms with Gasteiger partial charge in [-0.25, -0.2) is 13.2 Å². The first-order valence-corrected chi connectivity index (χ1v) is 5.89. The van der Waals surface area contributed by atoms with Gasteiger partial charge >= 0.3 is 0 Å². The average molecular weight is 279 g/mol. The molecule has 0 saturated heterocycles. The van der Waals surface area contributed by atoms with Crippen molar-refractivity contribution in [2.75, 3.05) is 5.73 Å². The lowest BCUT2D eigenvalue weighted by Crippen LogP contribution is -2.03. The van der Waals surface area contributed by atoms with Gasteiger partial charge in [-0.3, -0.25) is 0 Å². The molecule has 0 aliphatic carbocycles. The standard InChI is InChI=1S/C15H12F3NO/c1-4-7-10-8(6(2)3)5-9(19)15(20)11(10)13(17)14(18)12(7)16/h1,5-6,20H,19H2,2-3H3. The second kappa shape index (κ2) is 4.64. The summed E-state index contributed by atoms with van der Waals surface area (Å²) < 4.78 is 41.3. The Bertz CT molecular complexity index is 761. The monoisotopic (exact) mass is 279 g/mol. The second-order valence-corrected chi connectivity index (χ2v) is 4.77. The van der Waals surface area contributed by atoms with E-state index in [1.807, 2.05) is 5.92 Å². The number of hydrogen-bond acceptors (Lipinski definition) is 2. The fourth-order valence-corrected chi connectivity index (χ4v) is 2.21. The molecule has 0 radical (unpaired) electrons. The van der Waals surface area contributed by atoms with Gasteiger partial charge in [-0.1, -0.05) is 19.8 Å². The van der Waals surface area contributed by atoms with Crippen LogP contribution < -0.4 is 5.73 Å². The van der Waals surface area contributed by atoms with Crippen molar-refractivity contribution in [3.05, 3.63) is 34.6 Å². The minimum Gasteiger partial charge on any atom is -0.505 e. The molecule has 0 amide bonds. The summed E-state index contributed by atoms with van der Waals surface area (Å²) >= 11 is 0. The smallest absolute Gasteiger partial charge is 0.196 e. The highest BCUT2D eigenvalue weighted by Gasteiger charge is 2.25. The number of nitrogens with two attached hydrogens (primary N) is 1. The maximum atomic E-state index is 14.0. The summed E-state index contributed by atoms with van der Waals surface area (Å²) in [6.07, 6.45) is 5.20. The third-order valence-electron chi connectivity index (χ3n) is 3.20. The van der Waals surface area contributed by atoms with E-state index in [1.54, 1.807) is 13.8 Å². The van der Waals surface area contributed by atoms with Crippen LogP contribution in [0.3, 0.4) is 0 Å². The molecule has 0 atom stereocenters. The molecule has 2 rings (SSSR count). The van der Waals surface area contributed by atoms with Crippen LogP contribution in [0.25, 0.3) is 10.8 Å². The number of phenolic OH excluding ortho intramolecular Hbond substituents is 1. The Labute approximate surface area is 114 Å². The molecule has 0 spiro atoms. The summed E-state index contributed by atoms with van der Waals surface area (Å²) in [5, 5.41) is 9.35. The maximum absolute atomic E-state index is 14.0. The SMILES string of the molecule is C#Cc1c(F)c(F)c(F)c2c(O)c(N)cc(C(C)C)c12. The lowest BCUT2D eigenvalue weighted by Gasteiger charge is -2.16. The molecular weight excluding hydrogens is 267 g/mol. The first-order chi connectivity index (χ1) is 9.31. The Balaban J connectivity index is 3.21. The Morgan fingerprint density at radius 3 is 2.25 bits per heavy atom. The Morgan fingerprint density at radius 2 is 1.75 bits per heavy atom. The van der Waals surface area contributed by atoms with Crippen molar-refractivity contribution in [2.45, 2.75) is 19.8 Å². The van der Waals surface area contributed by atoms with Crippen molar-refractivity contribution in [1.82, 2.24) is 0 Å². The molecular formula is C15H12F3NO. The van der Waals surface area contributed by atoms with Gasteiger partial charge in [0.05, 0.1) is 16.6 Å². The molecule has 2 aromatic rings. The van der Waals surface area contributed by atoms with Gasteiger partial charge < -0.3 is 10.8 Å². The largest absolute Gasteiger partial charge is 0.505 e. The van der Waals surface area contributed by atoms with E-state index < -0.39 is 34.2 Å². The quantitative estimate of drug-likeness (QED) is 0.362. The second-order valence-electron chi connectivity index (χ2n) is 4.77. The van der Waals surface area contributed by atoms with Gasteiger partial charge in [0.1, 0.15) is 5.75 Å². The van der Waals surface area contributed by atoms with Gasteiger partial charge in [-0.05, 0) is 17.5 Å². The minimum atomic E-state index is -1.72. The van der Waals surface area contributed by atoms with Crippen molar-refractivity contribution >= 4 is 16.5 Å². The van der Waals surface area contributed by atoms with Crippen molar-refractivity contribution < 1.29 is 18.3 Å². The van der Waals surface area contributed by atoms with E-state index in [2.05, 4.69) is 0 Å². The van der Waals surface area contributed by atoms with Crippen molar-refractivity contribution in [2.24, 2.45) is 0 Å². The van der Waals surface area contributed by atoms with Crippen LogP contribution in [-0.2, 0) is 0 Å². The number of rotatable bonds is 1. The number of terminal acetylenes is 1. The van der Waals surface area contributed by atoms with Gasteiger partial charge in [0.25, 0.3) is 0 Å². The van der Waals surface area contributed by atoms with Crippen molar-refractivity contribution in [3.63, 3.8) is 0 Å². The van der Waals surface area contributed by atoms with Crippen LogP contribution in [0.5, 0.6) is 5.75 Å². The molecule has 2 aromatic carbocycles. The van der Waals surface area contributed by atoms with Gasteiger partial charge in [0, 0.05) is 5.39 Å². The lowest BCUT2D eigenvalue weighted by molar-refractivity contribution is 0.445. The highest BCUT2D eigenvalue weighted by atomic mass is 19.2. The summed E-state index contributed by atoms with van der Waals surface area (Å²) in [7, 11) is 0. The van der Waals surface area contributed by atoms with Crippen LogP contribution in [0.15, 0.2) is 6.07 Å². The van der Waals surface area contributed by atoms with Crippen LogP contribution in [0.4, 0.5) is 18.9 Å². The summed E-state index contributed by atoms with van der Waals surface area (Å²) in [6, 6.07) is 1.39. The molecule has 3 N–H and O–H groups in total. The van der Waals surface area contributed by atoms with E-state index in [9.17, 15) is 18.3 Å². The Morgan fingerprint density at radius 1 is 1.15 bits per heavy atom. The van der Waals surface area contributed by atoms with E-state index in [0.717, 1.165) is 0 Å². The molecule has 20 heavy (non-hydrogen) atoms. The third-order valence-corrected chi connectivity index (χ3v) is 3.20. The third kappa shape index (κ3) is 1.76. The molecule has 0 saturated carbocycles. The fraction of sp³-hybridized carbons (Fsp3) is 0.200. The molecule has 0 aromatic heterocycles. The van der Waals surface area contributed by atoms with Gasteiger partial charge in [-0.2, -0.15) is 0 Å². The maximum Gasteiger partial charge on any atom is 0.196 e. The highest BCUT2D eigenvalue weighted by molar-refractivity contribution is 5.99. The number of halogens is 3. The zero-order valence-corrected chi connectivity index (χ0v) is 10.9. The predicted octanol–water partition coefficient (Wildman–Crippen LogP) is 3.65. The number of anilines is 1. The van der Waals surface area contributed by atoms with E-state index >= 15 is 0 Å². The number of fused-ring (bicyclic) bond motifs is 1. The van der Waals surface area contributed by atoms with Crippen LogP contribution in [0.1, 0.15) is 30.9 Å². The minimum absolute atomic E-state index is 0.0226. The first kappa shape index (κ1) is 14.1. The van der Waals surface area contributed by atoms with Crippen LogP contribution in [0.2, 0.25) is 0 Å². The normalized spacial score (nSPS) is 11.1. The molecule has 0 bridgehead atoms. The average Bonchev–Trinajstić information content (AvgIpc) is 2.40. The van der Waals surface area contributed by atoms with Crippen LogP contribution in [0, 0.1) is 29.8 Å². The number of hydrogen-bond donors (Lipinski definition) is 2. The molecule has 104 valence electrons. The lowest BCUT2D eigenvalue weighted by atomic mass is 9.91. The van der Waals surface area contributed by atoms with Gasteiger partial charge in [0.15, 0.2) is 17.5 Å². The number of nitrogen functional groups attached to an aromatic ring is 1. The molecule has 0 heterocycles. The molecule has 5 heteroatoms. The fourth-order valence-electron chi connectivity index (χ4n) is 2.21. The van der Waals surface area contributed by atoms with Crippen LogP contribution in [-0.4, -0.2) is 5.11 Å². The summed E-state index contributed by atoms with van der Waals surface area (Å²) in [5.74, 6) is -3.46. The van der Waals surface area contributed by atoms with Gasteiger partial charge in [0.2, 0.25) is 0 Å². The van der Waals surface area contributed by atoms with E-state index in [4.69, 9.17) is 12.2 Å². The summed E-state index contributed by atoms with van der Waals surface area (Å²) in [5.41, 5.74) is 5.50.